The Labute approximate surface area is 214 Å². The second-order valence-corrected chi connectivity index (χ2v) is 10.9. The van der Waals surface area contributed by atoms with Crippen LogP contribution >= 0.6 is 23.2 Å². The van der Waals surface area contributed by atoms with Crippen LogP contribution in [-0.4, -0.2) is 49.3 Å². The Bertz CT molecular complexity index is 1370. The van der Waals surface area contributed by atoms with E-state index in [0.717, 1.165) is 11.1 Å². The van der Waals surface area contributed by atoms with Crippen molar-refractivity contribution in [3.63, 3.8) is 0 Å². The molecule has 35 heavy (non-hydrogen) atoms. The summed E-state index contributed by atoms with van der Waals surface area (Å²) in [4.78, 5) is 17.0. The van der Waals surface area contributed by atoms with E-state index in [4.69, 9.17) is 33.7 Å². The average molecular weight is 537 g/mol. The minimum absolute atomic E-state index is 0.0325. The largest absolute Gasteiger partial charge is 0.487 e. The highest BCUT2D eigenvalue weighted by molar-refractivity contribution is 7.89. The lowest BCUT2D eigenvalue weighted by atomic mass is 10.2. The Hall–Kier alpha value is -2.43. The number of sulfonamides is 1. The van der Waals surface area contributed by atoms with Gasteiger partial charge in [0.05, 0.1) is 5.02 Å². The first kappa shape index (κ1) is 25.7. The zero-order chi connectivity index (χ0) is 25.2. The fourth-order valence-electron chi connectivity index (χ4n) is 4.12. The number of fused-ring (bicyclic) bond motifs is 1. The van der Waals surface area contributed by atoms with Gasteiger partial charge in [-0.3, -0.25) is 4.79 Å². The van der Waals surface area contributed by atoms with Crippen LogP contribution in [0.4, 0.5) is 0 Å². The summed E-state index contributed by atoms with van der Waals surface area (Å²) in [5.41, 5.74) is 7.32. The zero-order valence-electron chi connectivity index (χ0n) is 19.1. The van der Waals surface area contributed by atoms with Gasteiger partial charge in [0.15, 0.2) is 0 Å². The van der Waals surface area contributed by atoms with Crippen LogP contribution < -0.4 is 15.8 Å². The molecule has 1 unspecified atom stereocenters. The predicted molar refractivity (Wildman–Crippen MR) is 136 cm³/mol. The van der Waals surface area contributed by atoms with Gasteiger partial charge in [-0.15, -0.1) is 0 Å². The minimum Gasteiger partial charge on any atom is -0.487 e. The number of amides is 1. The van der Waals surface area contributed by atoms with Crippen molar-refractivity contribution in [2.45, 2.75) is 37.3 Å². The summed E-state index contributed by atoms with van der Waals surface area (Å²) in [5, 5.41) is 3.82. The van der Waals surface area contributed by atoms with E-state index in [1.807, 2.05) is 31.2 Å². The number of rotatable bonds is 8. The first-order valence-electron chi connectivity index (χ1n) is 11.2. The Balaban J connectivity index is 1.63. The number of ether oxygens (including phenoxy) is 1. The molecule has 1 saturated heterocycles. The highest BCUT2D eigenvalue weighted by atomic mass is 35.5. The number of pyridine rings is 1. The molecule has 1 aliphatic heterocycles. The molecule has 0 saturated carbocycles. The molecule has 11 heteroatoms. The number of carbonyl (C=O) groups is 1. The molecule has 1 aliphatic rings. The van der Waals surface area contributed by atoms with Crippen LogP contribution in [0, 0.1) is 6.92 Å². The maximum atomic E-state index is 13.5. The third-order valence-corrected chi connectivity index (χ3v) is 8.73. The van der Waals surface area contributed by atoms with Gasteiger partial charge in [-0.25, -0.2) is 13.4 Å². The number of hydrogen-bond acceptors (Lipinski definition) is 6. The van der Waals surface area contributed by atoms with Crippen molar-refractivity contribution in [2.24, 2.45) is 5.73 Å². The molecule has 0 bridgehead atoms. The number of halogens is 2. The minimum atomic E-state index is -4.07. The van der Waals surface area contributed by atoms with E-state index < -0.39 is 16.1 Å². The summed E-state index contributed by atoms with van der Waals surface area (Å²) in [6.45, 7) is 2.59. The van der Waals surface area contributed by atoms with Crippen molar-refractivity contribution in [3.8, 4) is 5.75 Å². The van der Waals surface area contributed by atoms with Crippen LogP contribution in [0.3, 0.4) is 0 Å². The van der Waals surface area contributed by atoms with E-state index in [1.165, 1.54) is 16.4 Å². The molecule has 186 valence electrons. The standard InChI is InChI=1S/C24H26Cl2N4O4S/c1-15-7-8-16-4-2-6-20(23(16)29-15)34-14-17-18(25)9-10-21(22(17)26)35(32,33)30-13-3-5-19(30)24(31)28-12-11-27/h2,4,6-10,19H,3,5,11-14,27H2,1H3,(H,28,31). The number of nitrogens with two attached hydrogens (primary N) is 1. The normalized spacial score (nSPS) is 16.5. The van der Waals surface area contributed by atoms with Gasteiger partial charge in [0, 0.05) is 41.3 Å². The molecule has 1 fully saturated rings. The van der Waals surface area contributed by atoms with Gasteiger partial charge < -0.3 is 15.8 Å². The maximum absolute atomic E-state index is 13.5. The Morgan fingerprint density at radius 2 is 2.03 bits per heavy atom. The Kier molecular flexibility index (Phi) is 7.83. The lowest BCUT2D eigenvalue weighted by Crippen LogP contribution is -2.46. The summed E-state index contributed by atoms with van der Waals surface area (Å²) in [7, 11) is -4.07. The second-order valence-electron chi connectivity index (χ2n) is 8.26. The van der Waals surface area contributed by atoms with Crippen LogP contribution in [0.15, 0.2) is 47.4 Å². The fraction of sp³-hybridized carbons (Fsp3) is 0.333. The quantitative estimate of drug-likeness (QED) is 0.454. The molecule has 1 aromatic heterocycles. The molecule has 2 heterocycles. The van der Waals surface area contributed by atoms with E-state index in [9.17, 15) is 13.2 Å². The first-order chi connectivity index (χ1) is 16.7. The van der Waals surface area contributed by atoms with E-state index in [1.54, 1.807) is 6.07 Å². The van der Waals surface area contributed by atoms with Crippen molar-refractivity contribution in [3.05, 3.63) is 63.8 Å². The number of para-hydroxylation sites is 1. The molecule has 8 nitrogen and oxygen atoms in total. The maximum Gasteiger partial charge on any atom is 0.245 e. The molecule has 3 aromatic rings. The fourth-order valence-corrected chi connectivity index (χ4v) is 6.64. The van der Waals surface area contributed by atoms with Crippen LogP contribution in [0.2, 0.25) is 10.0 Å². The summed E-state index contributed by atoms with van der Waals surface area (Å²) in [6, 6.07) is 11.4. The number of nitrogens with one attached hydrogen (secondary N) is 1. The Morgan fingerprint density at radius 3 is 2.80 bits per heavy atom. The molecule has 0 radical (unpaired) electrons. The van der Waals surface area contributed by atoms with Gasteiger partial charge >= 0.3 is 0 Å². The van der Waals surface area contributed by atoms with Gasteiger partial charge in [0.25, 0.3) is 0 Å². The van der Waals surface area contributed by atoms with E-state index in [-0.39, 0.29) is 47.1 Å². The smallest absolute Gasteiger partial charge is 0.245 e. The number of carbonyl (C=O) groups excluding carboxylic acids is 1. The van der Waals surface area contributed by atoms with E-state index in [0.29, 0.717) is 29.7 Å². The molecule has 1 atom stereocenters. The summed E-state index contributed by atoms with van der Waals surface area (Å²) < 4.78 is 34.3. The van der Waals surface area contributed by atoms with Crippen molar-refractivity contribution in [2.75, 3.05) is 19.6 Å². The summed E-state index contributed by atoms with van der Waals surface area (Å²) in [5.74, 6) is 0.159. The lowest BCUT2D eigenvalue weighted by molar-refractivity contribution is -0.124. The van der Waals surface area contributed by atoms with Crippen LogP contribution in [0.25, 0.3) is 10.9 Å². The van der Waals surface area contributed by atoms with Crippen LogP contribution in [0.1, 0.15) is 24.1 Å². The lowest BCUT2D eigenvalue weighted by Gasteiger charge is -2.24. The molecular weight excluding hydrogens is 511 g/mol. The summed E-state index contributed by atoms with van der Waals surface area (Å²) in [6.07, 6.45) is 0.985. The van der Waals surface area contributed by atoms with Gasteiger partial charge in [0.2, 0.25) is 15.9 Å². The molecule has 4 rings (SSSR count). The summed E-state index contributed by atoms with van der Waals surface area (Å²) >= 11 is 13.0. The molecule has 3 N–H and O–H groups in total. The number of hydrogen-bond donors (Lipinski definition) is 2. The van der Waals surface area contributed by atoms with Crippen LogP contribution in [0.5, 0.6) is 5.75 Å². The van der Waals surface area contributed by atoms with Crippen molar-refractivity contribution < 1.29 is 17.9 Å². The molecule has 2 aromatic carbocycles. The second kappa shape index (κ2) is 10.7. The van der Waals surface area contributed by atoms with Gasteiger partial charge in [-0.2, -0.15) is 4.31 Å². The monoisotopic (exact) mass is 536 g/mol. The van der Waals surface area contributed by atoms with Crippen LogP contribution in [-0.2, 0) is 21.4 Å². The number of aromatic nitrogens is 1. The average Bonchev–Trinajstić information content (AvgIpc) is 3.33. The van der Waals surface area contributed by atoms with Crippen molar-refractivity contribution >= 4 is 50.0 Å². The van der Waals surface area contributed by atoms with E-state index in [2.05, 4.69) is 10.3 Å². The number of benzene rings is 2. The van der Waals surface area contributed by atoms with Gasteiger partial charge in [0.1, 0.15) is 28.8 Å². The van der Waals surface area contributed by atoms with Crippen molar-refractivity contribution in [1.29, 1.82) is 0 Å². The third kappa shape index (κ3) is 5.24. The first-order valence-corrected chi connectivity index (χ1v) is 13.4. The zero-order valence-corrected chi connectivity index (χ0v) is 21.5. The third-order valence-electron chi connectivity index (χ3n) is 5.88. The van der Waals surface area contributed by atoms with Gasteiger partial charge in [-0.1, -0.05) is 41.4 Å². The predicted octanol–water partition coefficient (Wildman–Crippen LogP) is 3.66. The molecule has 1 amide bonds. The number of nitrogens with zero attached hydrogens (tertiary/aromatic N) is 2. The molecule has 0 spiro atoms. The van der Waals surface area contributed by atoms with E-state index >= 15 is 0 Å². The topological polar surface area (TPSA) is 115 Å². The highest BCUT2D eigenvalue weighted by Gasteiger charge is 2.40. The number of aryl methyl sites for hydroxylation is 1. The molecular formula is C24H26Cl2N4O4S. The Morgan fingerprint density at radius 1 is 1.23 bits per heavy atom. The van der Waals surface area contributed by atoms with Gasteiger partial charge in [-0.05, 0) is 44.0 Å². The highest BCUT2D eigenvalue weighted by Crippen LogP contribution is 2.36. The molecule has 0 aliphatic carbocycles. The SMILES string of the molecule is Cc1ccc2cccc(OCc3c(Cl)ccc(S(=O)(=O)N4CCCC4C(=O)NCCN)c3Cl)c2n1. The van der Waals surface area contributed by atoms with Crippen molar-refractivity contribution in [1.82, 2.24) is 14.6 Å².